The molecular weight excluding hydrogens is 156 g/mol. The van der Waals surface area contributed by atoms with Gasteiger partial charge in [-0.25, -0.2) is 5.48 Å². The molecule has 0 radical (unpaired) electrons. The number of nitrogens with zero attached hydrogens (tertiary/aromatic N) is 1. The second kappa shape index (κ2) is 5.11. The fourth-order valence-corrected chi connectivity index (χ4v) is 1.37. The van der Waals surface area contributed by atoms with Crippen molar-refractivity contribution in [3.05, 3.63) is 0 Å². The Kier molecular flexibility index (Phi) is 4.04. The molecule has 0 aromatic carbocycles. The highest BCUT2D eigenvalue weighted by Crippen LogP contribution is 2.08. The first-order valence-electron chi connectivity index (χ1n) is 4.41. The lowest BCUT2D eigenvalue weighted by molar-refractivity contribution is -0.139. The van der Waals surface area contributed by atoms with Crippen LogP contribution >= 0.6 is 0 Å². The van der Waals surface area contributed by atoms with Gasteiger partial charge in [0.05, 0.1) is 0 Å². The van der Waals surface area contributed by atoms with Gasteiger partial charge in [0.1, 0.15) is 6.61 Å². The van der Waals surface area contributed by atoms with Crippen LogP contribution in [0.15, 0.2) is 0 Å². The number of hydroxylamine groups is 1. The average molecular weight is 172 g/mol. The highest BCUT2D eigenvalue weighted by atomic mass is 16.6. The van der Waals surface area contributed by atoms with Crippen molar-refractivity contribution in [2.75, 3.05) is 26.7 Å². The van der Waals surface area contributed by atoms with Crippen LogP contribution in [0.5, 0.6) is 0 Å². The summed E-state index contributed by atoms with van der Waals surface area (Å²) in [6, 6.07) is 0. The molecule has 1 N–H and O–H groups in total. The highest BCUT2D eigenvalue weighted by molar-refractivity contribution is 5.77. The largest absolute Gasteiger partial charge is 0.341 e. The number of rotatable bonds is 3. The second-order valence-electron chi connectivity index (χ2n) is 2.93. The molecule has 4 nitrogen and oxygen atoms in total. The van der Waals surface area contributed by atoms with Crippen molar-refractivity contribution in [1.29, 1.82) is 0 Å². The zero-order chi connectivity index (χ0) is 8.81. The van der Waals surface area contributed by atoms with Gasteiger partial charge in [0.25, 0.3) is 5.91 Å². The number of hydrogen-bond donors (Lipinski definition) is 1. The molecule has 1 rings (SSSR count). The van der Waals surface area contributed by atoms with E-state index < -0.39 is 0 Å². The number of carbonyl (C=O) groups excluding carboxylic acids is 1. The summed E-state index contributed by atoms with van der Waals surface area (Å²) in [5, 5.41) is 0. The number of piperidine rings is 1. The maximum atomic E-state index is 11.3. The van der Waals surface area contributed by atoms with Crippen LogP contribution in [0, 0.1) is 0 Å². The van der Waals surface area contributed by atoms with Crippen molar-refractivity contribution >= 4 is 5.91 Å². The van der Waals surface area contributed by atoms with Crippen molar-refractivity contribution in [2.24, 2.45) is 0 Å². The first kappa shape index (κ1) is 9.48. The Bertz CT molecular complexity index is 144. The third-order valence-corrected chi connectivity index (χ3v) is 2.05. The van der Waals surface area contributed by atoms with Crippen LogP contribution in [-0.4, -0.2) is 37.6 Å². The quantitative estimate of drug-likeness (QED) is 0.616. The van der Waals surface area contributed by atoms with Crippen LogP contribution in [0.2, 0.25) is 0 Å². The average Bonchev–Trinajstić information content (AvgIpc) is 2.15. The van der Waals surface area contributed by atoms with Crippen LogP contribution in [0.3, 0.4) is 0 Å². The van der Waals surface area contributed by atoms with Crippen molar-refractivity contribution in [1.82, 2.24) is 10.4 Å². The highest BCUT2D eigenvalue weighted by Gasteiger charge is 2.15. The Morgan fingerprint density at radius 1 is 1.42 bits per heavy atom. The van der Waals surface area contributed by atoms with Crippen molar-refractivity contribution < 1.29 is 9.63 Å². The molecule has 4 heteroatoms. The Labute approximate surface area is 72.8 Å². The normalized spacial score (nSPS) is 17.9. The summed E-state index contributed by atoms with van der Waals surface area (Å²) in [7, 11) is 1.66. The fourth-order valence-electron chi connectivity index (χ4n) is 1.37. The van der Waals surface area contributed by atoms with Gasteiger partial charge < -0.3 is 4.90 Å². The van der Waals surface area contributed by atoms with Gasteiger partial charge in [-0.2, -0.15) is 0 Å². The molecule has 1 aliphatic rings. The zero-order valence-corrected chi connectivity index (χ0v) is 7.51. The molecule has 0 saturated carbocycles. The fraction of sp³-hybridized carbons (Fsp3) is 0.875. The summed E-state index contributed by atoms with van der Waals surface area (Å²) < 4.78 is 0. The van der Waals surface area contributed by atoms with Gasteiger partial charge in [-0.1, -0.05) is 0 Å². The smallest absolute Gasteiger partial charge is 0.250 e. The predicted octanol–water partition coefficient (Wildman–Crippen LogP) is 0.150. The lowest BCUT2D eigenvalue weighted by atomic mass is 10.1. The Balaban J connectivity index is 2.20. The SMILES string of the molecule is CNOCC(=O)N1CCCCC1. The predicted molar refractivity (Wildman–Crippen MR) is 45.4 cm³/mol. The molecule has 1 fully saturated rings. The first-order valence-corrected chi connectivity index (χ1v) is 4.41. The summed E-state index contributed by atoms with van der Waals surface area (Å²) in [6.45, 7) is 1.94. The second-order valence-corrected chi connectivity index (χ2v) is 2.93. The van der Waals surface area contributed by atoms with E-state index in [1.54, 1.807) is 7.05 Å². The van der Waals surface area contributed by atoms with Gasteiger partial charge in [0, 0.05) is 20.1 Å². The molecule has 1 amide bonds. The third-order valence-electron chi connectivity index (χ3n) is 2.05. The van der Waals surface area contributed by atoms with Crippen molar-refractivity contribution in [3.8, 4) is 0 Å². The van der Waals surface area contributed by atoms with E-state index >= 15 is 0 Å². The lowest BCUT2D eigenvalue weighted by Crippen LogP contribution is -2.38. The van der Waals surface area contributed by atoms with E-state index in [9.17, 15) is 4.79 Å². The molecule has 1 aliphatic heterocycles. The number of hydrogen-bond acceptors (Lipinski definition) is 3. The summed E-state index contributed by atoms with van der Waals surface area (Å²) in [5.41, 5.74) is 2.49. The monoisotopic (exact) mass is 172 g/mol. The number of carbonyl (C=O) groups is 1. The maximum absolute atomic E-state index is 11.3. The van der Waals surface area contributed by atoms with E-state index in [1.165, 1.54) is 6.42 Å². The van der Waals surface area contributed by atoms with Crippen LogP contribution < -0.4 is 5.48 Å². The molecule has 0 aromatic heterocycles. The minimum atomic E-state index is 0.0871. The third kappa shape index (κ3) is 2.79. The van der Waals surface area contributed by atoms with Gasteiger partial charge >= 0.3 is 0 Å². The summed E-state index contributed by atoms with van der Waals surface area (Å²) in [5.74, 6) is 0.0871. The lowest BCUT2D eigenvalue weighted by Gasteiger charge is -2.26. The van der Waals surface area contributed by atoms with E-state index in [0.717, 1.165) is 25.9 Å². The topological polar surface area (TPSA) is 41.6 Å². The van der Waals surface area contributed by atoms with E-state index in [0.29, 0.717) is 0 Å². The van der Waals surface area contributed by atoms with E-state index in [1.807, 2.05) is 4.90 Å². The van der Waals surface area contributed by atoms with Gasteiger partial charge in [-0.15, -0.1) is 0 Å². The van der Waals surface area contributed by atoms with E-state index in [2.05, 4.69) is 5.48 Å². The maximum Gasteiger partial charge on any atom is 0.250 e. The number of likely N-dealkylation sites (tertiary alicyclic amines) is 1. The molecule has 0 aromatic rings. The summed E-state index contributed by atoms with van der Waals surface area (Å²) in [4.78, 5) is 18.0. The van der Waals surface area contributed by atoms with Crippen LogP contribution in [-0.2, 0) is 9.63 Å². The van der Waals surface area contributed by atoms with E-state index in [-0.39, 0.29) is 12.5 Å². The molecule has 0 unspecified atom stereocenters. The molecule has 0 atom stereocenters. The van der Waals surface area contributed by atoms with Gasteiger partial charge in [0.15, 0.2) is 0 Å². The minimum Gasteiger partial charge on any atom is -0.341 e. The molecule has 1 saturated heterocycles. The Hall–Kier alpha value is -0.610. The number of nitrogens with one attached hydrogen (secondary N) is 1. The Morgan fingerprint density at radius 2 is 2.08 bits per heavy atom. The summed E-state index contributed by atoms with van der Waals surface area (Å²) in [6.07, 6.45) is 3.51. The molecule has 0 spiro atoms. The molecule has 70 valence electrons. The standard InChI is InChI=1S/C8H16N2O2/c1-9-12-7-8(11)10-5-3-2-4-6-10/h9H,2-7H2,1H3. The minimum absolute atomic E-state index is 0.0871. The zero-order valence-electron chi connectivity index (χ0n) is 7.51. The number of amides is 1. The van der Waals surface area contributed by atoms with Crippen LogP contribution in [0.1, 0.15) is 19.3 Å². The Morgan fingerprint density at radius 3 is 2.67 bits per heavy atom. The molecular formula is C8H16N2O2. The van der Waals surface area contributed by atoms with Gasteiger partial charge in [0.2, 0.25) is 0 Å². The molecule has 12 heavy (non-hydrogen) atoms. The molecule has 0 bridgehead atoms. The first-order chi connectivity index (χ1) is 5.84. The van der Waals surface area contributed by atoms with E-state index in [4.69, 9.17) is 4.84 Å². The van der Waals surface area contributed by atoms with Gasteiger partial charge in [-0.05, 0) is 19.3 Å². The van der Waals surface area contributed by atoms with Crippen molar-refractivity contribution in [3.63, 3.8) is 0 Å². The van der Waals surface area contributed by atoms with Crippen molar-refractivity contribution in [2.45, 2.75) is 19.3 Å². The van der Waals surface area contributed by atoms with Crippen LogP contribution in [0.4, 0.5) is 0 Å². The summed E-state index contributed by atoms with van der Waals surface area (Å²) >= 11 is 0. The molecule has 0 aliphatic carbocycles. The molecule has 1 heterocycles. The van der Waals surface area contributed by atoms with Gasteiger partial charge in [-0.3, -0.25) is 9.63 Å². The van der Waals surface area contributed by atoms with Crippen LogP contribution in [0.25, 0.3) is 0 Å².